The van der Waals surface area contributed by atoms with E-state index in [4.69, 9.17) is 0 Å². The van der Waals surface area contributed by atoms with Crippen molar-refractivity contribution in [3.8, 4) is 0 Å². The van der Waals surface area contributed by atoms with Crippen molar-refractivity contribution in [2.24, 2.45) is 14.1 Å². The van der Waals surface area contributed by atoms with Crippen LogP contribution >= 0.6 is 0 Å². The summed E-state index contributed by atoms with van der Waals surface area (Å²) in [5.41, 5.74) is 3.14. The number of hydrogen-bond donors (Lipinski definition) is 1. The Bertz CT molecular complexity index is 1030. The van der Waals surface area contributed by atoms with Gasteiger partial charge in [-0.1, -0.05) is 18.2 Å². The van der Waals surface area contributed by atoms with Gasteiger partial charge < -0.3 is 5.32 Å². The number of nitrogens with one attached hydrogen (secondary N) is 1. The molecule has 1 N–H and O–H groups in total. The molecule has 0 amide bonds. The average molecular weight is 310 g/mol. The summed E-state index contributed by atoms with van der Waals surface area (Å²) in [5.74, 6) is 0. The molecule has 2 aromatic heterocycles. The molecule has 3 aromatic rings. The summed E-state index contributed by atoms with van der Waals surface area (Å²) >= 11 is 0. The maximum atomic E-state index is 12.6. The molecule has 0 aliphatic rings. The minimum Gasteiger partial charge on any atom is -0.354 e. The summed E-state index contributed by atoms with van der Waals surface area (Å²) < 4.78 is 2.49. The van der Waals surface area contributed by atoms with Gasteiger partial charge in [-0.15, -0.1) is 0 Å². The summed E-state index contributed by atoms with van der Waals surface area (Å²) in [6.45, 7) is 3.88. The van der Waals surface area contributed by atoms with Crippen molar-refractivity contribution in [2.45, 2.75) is 13.8 Å². The molecule has 6 heteroatoms. The summed E-state index contributed by atoms with van der Waals surface area (Å²) in [6, 6.07) is 7.84. The molecular formula is C17H18N4O2. The second-order valence-corrected chi connectivity index (χ2v) is 5.66. The van der Waals surface area contributed by atoms with Gasteiger partial charge in [-0.05, 0) is 31.0 Å². The summed E-state index contributed by atoms with van der Waals surface area (Å²) in [7, 11) is 3.09. The topological polar surface area (TPSA) is 68.9 Å². The maximum Gasteiger partial charge on any atom is 0.332 e. The smallest absolute Gasteiger partial charge is 0.332 e. The van der Waals surface area contributed by atoms with Crippen LogP contribution in [0.1, 0.15) is 11.1 Å². The normalized spacial score (nSPS) is 11.0. The van der Waals surface area contributed by atoms with Crippen LogP contribution in [0.5, 0.6) is 0 Å². The molecule has 0 unspecified atom stereocenters. The van der Waals surface area contributed by atoms with Gasteiger partial charge in [0.15, 0.2) is 5.65 Å². The van der Waals surface area contributed by atoms with Crippen LogP contribution in [0.15, 0.2) is 40.1 Å². The lowest BCUT2D eigenvalue weighted by Gasteiger charge is -2.15. The first kappa shape index (κ1) is 15.0. The van der Waals surface area contributed by atoms with E-state index in [0.29, 0.717) is 16.7 Å². The van der Waals surface area contributed by atoms with Crippen molar-refractivity contribution in [1.82, 2.24) is 14.1 Å². The summed E-state index contributed by atoms with van der Waals surface area (Å²) in [6.07, 6.45) is 1.67. The summed E-state index contributed by atoms with van der Waals surface area (Å²) in [5, 5.41) is 3.74. The highest BCUT2D eigenvalue weighted by Crippen LogP contribution is 2.27. The van der Waals surface area contributed by atoms with E-state index in [1.165, 1.54) is 11.6 Å². The number of aryl methyl sites for hydroxylation is 3. The standard InChI is InChI=1S/C17H18N4O2/c1-10-7-5-6-8-12(10)19-14-11(2)9-18-15-13(14)16(22)21(4)17(23)20(15)3/h5-9H,1-4H3,(H,18,19). The molecule has 0 fully saturated rings. The monoisotopic (exact) mass is 310 g/mol. The Morgan fingerprint density at radius 2 is 1.70 bits per heavy atom. The molecule has 0 aliphatic carbocycles. The zero-order chi connectivity index (χ0) is 16.7. The predicted octanol–water partition coefficient (Wildman–Crippen LogP) is 1.99. The molecule has 2 heterocycles. The molecule has 118 valence electrons. The van der Waals surface area contributed by atoms with Gasteiger partial charge in [0.25, 0.3) is 5.56 Å². The number of para-hydroxylation sites is 1. The van der Waals surface area contributed by atoms with Gasteiger partial charge in [0.1, 0.15) is 5.39 Å². The van der Waals surface area contributed by atoms with E-state index >= 15 is 0 Å². The van der Waals surface area contributed by atoms with E-state index in [1.807, 2.05) is 38.1 Å². The van der Waals surface area contributed by atoms with Gasteiger partial charge in [0.05, 0.1) is 5.69 Å². The molecule has 1 aromatic carbocycles. The SMILES string of the molecule is Cc1ccccc1Nc1c(C)cnc2c1c(=O)n(C)c(=O)n2C. The zero-order valence-electron chi connectivity index (χ0n) is 13.5. The van der Waals surface area contributed by atoms with Crippen LogP contribution < -0.4 is 16.6 Å². The van der Waals surface area contributed by atoms with Crippen LogP contribution in [0.2, 0.25) is 0 Å². The Morgan fingerprint density at radius 1 is 1.00 bits per heavy atom. The highest BCUT2D eigenvalue weighted by atomic mass is 16.2. The first-order valence-electron chi connectivity index (χ1n) is 7.29. The van der Waals surface area contributed by atoms with Crippen LogP contribution in [0.25, 0.3) is 11.0 Å². The van der Waals surface area contributed by atoms with Crippen molar-refractivity contribution in [1.29, 1.82) is 0 Å². The van der Waals surface area contributed by atoms with E-state index in [0.717, 1.165) is 21.4 Å². The van der Waals surface area contributed by atoms with Crippen LogP contribution in [0, 0.1) is 13.8 Å². The fourth-order valence-electron chi connectivity index (χ4n) is 2.63. The van der Waals surface area contributed by atoms with Gasteiger partial charge in [0.2, 0.25) is 0 Å². The number of pyridine rings is 1. The quantitative estimate of drug-likeness (QED) is 0.786. The van der Waals surface area contributed by atoms with E-state index in [1.54, 1.807) is 13.2 Å². The van der Waals surface area contributed by atoms with E-state index in [9.17, 15) is 9.59 Å². The second kappa shape index (κ2) is 5.39. The third kappa shape index (κ3) is 2.32. The molecule has 0 saturated carbocycles. The average Bonchev–Trinajstić information content (AvgIpc) is 2.54. The lowest BCUT2D eigenvalue weighted by Crippen LogP contribution is -2.37. The predicted molar refractivity (Wildman–Crippen MR) is 91.4 cm³/mol. The van der Waals surface area contributed by atoms with Crippen LogP contribution in [-0.4, -0.2) is 14.1 Å². The van der Waals surface area contributed by atoms with Crippen molar-refractivity contribution < 1.29 is 0 Å². The highest BCUT2D eigenvalue weighted by Gasteiger charge is 2.16. The number of aromatic nitrogens is 3. The number of hydrogen-bond acceptors (Lipinski definition) is 4. The van der Waals surface area contributed by atoms with E-state index in [-0.39, 0.29) is 11.2 Å². The van der Waals surface area contributed by atoms with Gasteiger partial charge >= 0.3 is 5.69 Å². The molecule has 6 nitrogen and oxygen atoms in total. The van der Waals surface area contributed by atoms with Crippen molar-refractivity contribution in [3.05, 3.63) is 62.4 Å². The second-order valence-electron chi connectivity index (χ2n) is 5.66. The van der Waals surface area contributed by atoms with Crippen LogP contribution in [-0.2, 0) is 14.1 Å². The molecule has 0 spiro atoms. The molecule has 0 aliphatic heterocycles. The Hall–Kier alpha value is -2.89. The van der Waals surface area contributed by atoms with Gasteiger partial charge in [-0.2, -0.15) is 0 Å². The van der Waals surface area contributed by atoms with Gasteiger partial charge in [0, 0.05) is 26.0 Å². The number of anilines is 2. The highest BCUT2D eigenvalue weighted by molar-refractivity contribution is 5.92. The number of fused-ring (bicyclic) bond motifs is 1. The third-order valence-electron chi connectivity index (χ3n) is 4.06. The molecule has 0 saturated heterocycles. The molecule has 0 radical (unpaired) electrons. The van der Waals surface area contributed by atoms with Crippen molar-refractivity contribution in [2.75, 3.05) is 5.32 Å². The Kier molecular flexibility index (Phi) is 3.52. The van der Waals surface area contributed by atoms with Crippen LogP contribution in [0.4, 0.5) is 11.4 Å². The van der Waals surface area contributed by atoms with E-state index in [2.05, 4.69) is 10.3 Å². The molecule has 3 rings (SSSR count). The van der Waals surface area contributed by atoms with E-state index < -0.39 is 0 Å². The number of benzene rings is 1. The first-order chi connectivity index (χ1) is 10.9. The lowest BCUT2D eigenvalue weighted by atomic mass is 10.1. The molecular weight excluding hydrogens is 292 g/mol. The Morgan fingerprint density at radius 3 is 2.39 bits per heavy atom. The minimum atomic E-state index is -0.388. The van der Waals surface area contributed by atoms with Crippen molar-refractivity contribution in [3.63, 3.8) is 0 Å². The Balaban J connectivity index is 2.37. The molecule has 0 atom stereocenters. The largest absolute Gasteiger partial charge is 0.354 e. The fourth-order valence-corrected chi connectivity index (χ4v) is 2.63. The summed E-state index contributed by atoms with van der Waals surface area (Å²) in [4.78, 5) is 29.0. The third-order valence-corrected chi connectivity index (χ3v) is 4.06. The Labute approximate surface area is 133 Å². The molecule has 23 heavy (non-hydrogen) atoms. The van der Waals surface area contributed by atoms with Gasteiger partial charge in [-0.25, -0.2) is 9.78 Å². The minimum absolute atomic E-state index is 0.351. The van der Waals surface area contributed by atoms with Crippen LogP contribution in [0.3, 0.4) is 0 Å². The fraction of sp³-hybridized carbons (Fsp3) is 0.235. The maximum absolute atomic E-state index is 12.6. The number of nitrogens with zero attached hydrogens (tertiary/aromatic N) is 3. The molecule has 0 bridgehead atoms. The first-order valence-corrected chi connectivity index (χ1v) is 7.29. The number of rotatable bonds is 2. The van der Waals surface area contributed by atoms with Gasteiger partial charge in [-0.3, -0.25) is 13.9 Å². The van der Waals surface area contributed by atoms with Crippen molar-refractivity contribution >= 4 is 22.4 Å². The zero-order valence-corrected chi connectivity index (χ0v) is 13.5. The lowest BCUT2D eigenvalue weighted by molar-refractivity contribution is 0.707.